The van der Waals surface area contributed by atoms with Crippen molar-refractivity contribution < 1.29 is 17.6 Å². The van der Waals surface area contributed by atoms with Crippen molar-refractivity contribution in [3.05, 3.63) is 52.4 Å². The molecule has 0 amide bonds. The van der Waals surface area contributed by atoms with Gasteiger partial charge in [0, 0.05) is 0 Å². The van der Waals surface area contributed by atoms with Crippen LogP contribution in [0.5, 0.6) is 0 Å². The Morgan fingerprint density at radius 2 is 1.90 bits per heavy atom. The van der Waals surface area contributed by atoms with E-state index in [2.05, 4.69) is 5.32 Å². The number of benzene rings is 1. The maximum atomic E-state index is 12.7. The molecule has 0 aliphatic rings. The predicted molar refractivity (Wildman–Crippen MR) is 71.9 cm³/mol. The van der Waals surface area contributed by atoms with Crippen LogP contribution in [0.3, 0.4) is 0 Å². The Balaban J connectivity index is 2.24. The first-order valence-corrected chi connectivity index (χ1v) is 6.35. The summed E-state index contributed by atoms with van der Waals surface area (Å²) in [4.78, 5) is 0. The van der Waals surface area contributed by atoms with Gasteiger partial charge in [-0.1, -0.05) is 11.6 Å². The summed E-state index contributed by atoms with van der Waals surface area (Å²) in [5.74, 6) is 1.37. The molecular formula is C14H13ClF3NO. The van der Waals surface area contributed by atoms with Crippen molar-refractivity contribution in [2.45, 2.75) is 26.1 Å². The molecule has 0 aliphatic carbocycles. The molecule has 0 bridgehead atoms. The third-order valence-corrected chi connectivity index (χ3v) is 3.18. The Bertz CT molecular complexity index is 607. The van der Waals surface area contributed by atoms with E-state index in [1.807, 2.05) is 0 Å². The highest BCUT2D eigenvalue weighted by atomic mass is 35.5. The van der Waals surface area contributed by atoms with Gasteiger partial charge in [-0.05, 0) is 44.2 Å². The summed E-state index contributed by atoms with van der Waals surface area (Å²) in [6.07, 6.45) is -4.40. The largest absolute Gasteiger partial charge is 0.464 e. The average Bonchev–Trinajstić information content (AvgIpc) is 2.77. The lowest BCUT2D eigenvalue weighted by atomic mass is 10.1. The fourth-order valence-corrected chi connectivity index (χ4v) is 1.97. The minimum atomic E-state index is -4.40. The summed E-state index contributed by atoms with van der Waals surface area (Å²) < 4.78 is 43.4. The Morgan fingerprint density at radius 1 is 1.20 bits per heavy atom. The van der Waals surface area contributed by atoms with Gasteiger partial charge in [0.25, 0.3) is 0 Å². The number of aryl methyl sites for hydroxylation is 1. The quantitative estimate of drug-likeness (QED) is 0.817. The maximum absolute atomic E-state index is 12.7. The van der Waals surface area contributed by atoms with Gasteiger partial charge in [-0.2, -0.15) is 13.2 Å². The van der Waals surface area contributed by atoms with Gasteiger partial charge in [-0.25, -0.2) is 0 Å². The molecule has 2 rings (SSSR count). The second-order valence-electron chi connectivity index (χ2n) is 4.51. The highest BCUT2D eigenvalue weighted by Gasteiger charge is 2.31. The lowest BCUT2D eigenvalue weighted by Gasteiger charge is -2.16. The van der Waals surface area contributed by atoms with Crippen LogP contribution >= 0.6 is 11.6 Å². The van der Waals surface area contributed by atoms with E-state index in [-0.39, 0.29) is 16.8 Å². The molecule has 1 unspecified atom stereocenters. The maximum Gasteiger partial charge on any atom is 0.416 e. The summed E-state index contributed by atoms with van der Waals surface area (Å²) in [5, 5.41) is 3.16. The van der Waals surface area contributed by atoms with Crippen LogP contribution in [-0.2, 0) is 6.18 Å². The van der Waals surface area contributed by atoms with Crippen LogP contribution in [0, 0.1) is 6.92 Å². The van der Waals surface area contributed by atoms with Crippen molar-refractivity contribution in [1.82, 2.24) is 0 Å². The Kier molecular flexibility index (Phi) is 3.99. The first-order valence-electron chi connectivity index (χ1n) is 5.97. The van der Waals surface area contributed by atoms with E-state index in [1.165, 1.54) is 6.07 Å². The zero-order chi connectivity index (χ0) is 14.9. The molecule has 108 valence electrons. The van der Waals surface area contributed by atoms with Crippen molar-refractivity contribution in [3.8, 4) is 0 Å². The van der Waals surface area contributed by atoms with Gasteiger partial charge in [0.2, 0.25) is 0 Å². The average molecular weight is 304 g/mol. The number of rotatable bonds is 3. The van der Waals surface area contributed by atoms with E-state index in [9.17, 15) is 13.2 Å². The fraction of sp³-hybridized carbons (Fsp3) is 0.286. The first kappa shape index (κ1) is 14.8. The van der Waals surface area contributed by atoms with Crippen molar-refractivity contribution in [1.29, 1.82) is 0 Å². The van der Waals surface area contributed by atoms with Gasteiger partial charge >= 0.3 is 6.18 Å². The number of anilines is 1. The van der Waals surface area contributed by atoms with Crippen LogP contribution in [0.25, 0.3) is 0 Å². The Hall–Kier alpha value is -1.62. The number of furan rings is 1. The highest BCUT2D eigenvalue weighted by Crippen LogP contribution is 2.35. The van der Waals surface area contributed by atoms with Crippen molar-refractivity contribution >= 4 is 17.3 Å². The molecule has 0 saturated heterocycles. The van der Waals surface area contributed by atoms with E-state index < -0.39 is 11.7 Å². The molecule has 2 nitrogen and oxygen atoms in total. The van der Waals surface area contributed by atoms with Gasteiger partial charge < -0.3 is 9.73 Å². The van der Waals surface area contributed by atoms with Gasteiger partial charge in [0.15, 0.2) is 0 Å². The van der Waals surface area contributed by atoms with Crippen molar-refractivity contribution in [2.75, 3.05) is 5.32 Å². The smallest absolute Gasteiger partial charge is 0.416 e. The van der Waals surface area contributed by atoms with E-state index in [0.717, 1.165) is 17.9 Å². The first-order chi connectivity index (χ1) is 9.27. The fourth-order valence-electron chi connectivity index (χ4n) is 1.80. The molecule has 0 radical (unpaired) electrons. The molecule has 1 aromatic heterocycles. The summed E-state index contributed by atoms with van der Waals surface area (Å²) in [5.41, 5.74) is -0.518. The van der Waals surface area contributed by atoms with Gasteiger partial charge in [-0.3, -0.25) is 0 Å². The Labute approximate surface area is 119 Å². The molecule has 6 heteroatoms. The zero-order valence-electron chi connectivity index (χ0n) is 10.9. The zero-order valence-corrected chi connectivity index (χ0v) is 11.6. The van der Waals surface area contributed by atoms with Crippen LogP contribution in [0.15, 0.2) is 34.7 Å². The van der Waals surface area contributed by atoms with Crippen LogP contribution in [-0.4, -0.2) is 0 Å². The van der Waals surface area contributed by atoms with Gasteiger partial charge in [0.1, 0.15) is 11.5 Å². The molecule has 20 heavy (non-hydrogen) atoms. The van der Waals surface area contributed by atoms with E-state index in [4.69, 9.17) is 16.0 Å². The SMILES string of the molecule is Cc1ccc(C(C)Nc2cc(C(F)(F)F)ccc2Cl)o1. The van der Waals surface area contributed by atoms with Crippen LogP contribution in [0.4, 0.5) is 18.9 Å². The number of nitrogens with one attached hydrogen (secondary N) is 1. The summed E-state index contributed by atoms with van der Waals surface area (Å²) in [6.45, 7) is 3.59. The minimum Gasteiger partial charge on any atom is -0.464 e. The molecule has 0 aliphatic heterocycles. The molecule has 1 atom stereocenters. The standard InChI is InChI=1S/C14H13ClF3NO/c1-8-3-6-13(20-8)9(2)19-12-7-10(14(16,17)18)4-5-11(12)15/h3-7,9,19H,1-2H3. The van der Waals surface area contributed by atoms with E-state index in [0.29, 0.717) is 5.76 Å². The normalized spacial score (nSPS) is 13.3. The van der Waals surface area contributed by atoms with Crippen LogP contribution in [0.1, 0.15) is 30.0 Å². The van der Waals surface area contributed by atoms with E-state index >= 15 is 0 Å². The minimum absolute atomic E-state index is 0.225. The molecule has 0 fully saturated rings. The summed E-state index contributed by atoms with van der Waals surface area (Å²) in [7, 11) is 0. The molecule has 2 aromatic rings. The number of alkyl halides is 3. The molecular weight excluding hydrogens is 291 g/mol. The number of hydrogen-bond donors (Lipinski definition) is 1. The molecule has 1 heterocycles. The summed E-state index contributed by atoms with van der Waals surface area (Å²) in [6, 6.07) is 6.46. The monoisotopic (exact) mass is 303 g/mol. The number of halogens is 4. The van der Waals surface area contributed by atoms with Crippen LogP contribution < -0.4 is 5.32 Å². The predicted octanol–water partition coefficient (Wildman–Crippen LogP) is 5.43. The molecule has 1 N–H and O–H groups in total. The molecule has 0 spiro atoms. The van der Waals surface area contributed by atoms with Crippen molar-refractivity contribution in [2.24, 2.45) is 0 Å². The number of hydrogen-bond acceptors (Lipinski definition) is 2. The second-order valence-corrected chi connectivity index (χ2v) is 4.91. The lowest BCUT2D eigenvalue weighted by Crippen LogP contribution is -2.09. The Morgan fingerprint density at radius 3 is 2.45 bits per heavy atom. The van der Waals surface area contributed by atoms with E-state index in [1.54, 1.807) is 26.0 Å². The van der Waals surface area contributed by atoms with Crippen LogP contribution in [0.2, 0.25) is 5.02 Å². The lowest BCUT2D eigenvalue weighted by molar-refractivity contribution is -0.137. The van der Waals surface area contributed by atoms with Crippen molar-refractivity contribution in [3.63, 3.8) is 0 Å². The topological polar surface area (TPSA) is 25.2 Å². The second kappa shape index (κ2) is 5.40. The summed E-state index contributed by atoms with van der Waals surface area (Å²) >= 11 is 5.92. The molecule has 0 saturated carbocycles. The highest BCUT2D eigenvalue weighted by molar-refractivity contribution is 6.33. The van der Waals surface area contributed by atoms with Gasteiger partial charge in [0.05, 0.1) is 22.3 Å². The van der Waals surface area contributed by atoms with Gasteiger partial charge in [-0.15, -0.1) is 0 Å². The third-order valence-electron chi connectivity index (χ3n) is 2.85. The third kappa shape index (κ3) is 3.28. The molecule has 1 aromatic carbocycles.